The van der Waals surface area contributed by atoms with Crippen LogP contribution in [0.3, 0.4) is 0 Å². The molecular weight excluding hydrogens is 343 g/mol. The topological polar surface area (TPSA) is 45.2 Å². The number of hydrogen-bond donors (Lipinski definition) is 1. The summed E-state index contributed by atoms with van der Waals surface area (Å²) in [5, 5.41) is 2.78. The number of pyridine rings is 1. The van der Waals surface area contributed by atoms with Gasteiger partial charge in [-0.15, -0.1) is 0 Å². The van der Waals surface area contributed by atoms with Gasteiger partial charge in [0, 0.05) is 31.9 Å². The molecule has 0 radical (unpaired) electrons. The summed E-state index contributed by atoms with van der Waals surface area (Å²) < 4.78 is 37.6. The molecule has 1 aromatic heterocycles. The molecule has 26 heavy (non-hydrogen) atoms. The Labute approximate surface area is 150 Å². The molecule has 0 saturated heterocycles. The van der Waals surface area contributed by atoms with Crippen LogP contribution in [0.1, 0.15) is 34.1 Å². The quantitative estimate of drug-likeness (QED) is 0.907. The number of amides is 1. The Morgan fingerprint density at radius 1 is 1.23 bits per heavy atom. The fraction of sp³-hybridized carbons (Fsp3) is 0.368. The number of benzene rings is 1. The first kappa shape index (κ1) is 18.4. The number of carbonyl (C=O) groups is 1. The maximum absolute atomic E-state index is 12.5. The van der Waals surface area contributed by atoms with Gasteiger partial charge in [0.05, 0.1) is 5.56 Å². The molecule has 1 aliphatic heterocycles. The van der Waals surface area contributed by atoms with Crippen molar-refractivity contribution in [2.75, 3.05) is 13.1 Å². The Kier molecular flexibility index (Phi) is 5.27. The molecule has 2 heterocycles. The van der Waals surface area contributed by atoms with Crippen LogP contribution in [-0.4, -0.2) is 34.9 Å². The van der Waals surface area contributed by atoms with Crippen LogP contribution in [0.5, 0.6) is 0 Å². The summed E-state index contributed by atoms with van der Waals surface area (Å²) in [6.07, 6.45) is -2.58. The van der Waals surface area contributed by atoms with Gasteiger partial charge < -0.3 is 5.32 Å². The molecule has 0 fully saturated rings. The number of nitrogens with one attached hydrogen (secondary N) is 1. The molecule has 1 unspecified atom stereocenters. The van der Waals surface area contributed by atoms with E-state index in [-0.39, 0.29) is 11.6 Å². The Hall–Kier alpha value is -2.41. The lowest BCUT2D eigenvalue weighted by Gasteiger charge is -2.33. The van der Waals surface area contributed by atoms with Crippen molar-refractivity contribution in [2.24, 2.45) is 0 Å². The van der Waals surface area contributed by atoms with Gasteiger partial charge in [-0.3, -0.25) is 14.7 Å². The predicted molar refractivity (Wildman–Crippen MR) is 91.6 cm³/mol. The van der Waals surface area contributed by atoms with Gasteiger partial charge in [0.2, 0.25) is 0 Å². The van der Waals surface area contributed by atoms with Gasteiger partial charge in [-0.1, -0.05) is 24.3 Å². The van der Waals surface area contributed by atoms with Crippen LogP contribution in [0.15, 0.2) is 42.6 Å². The summed E-state index contributed by atoms with van der Waals surface area (Å²) in [4.78, 5) is 17.7. The summed E-state index contributed by atoms with van der Waals surface area (Å²) in [5.41, 5.74) is 1.77. The highest BCUT2D eigenvalue weighted by molar-refractivity contribution is 5.93. The molecule has 7 heteroatoms. The molecule has 1 aliphatic rings. The maximum Gasteiger partial charge on any atom is 0.433 e. The molecule has 0 bridgehead atoms. The van der Waals surface area contributed by atoms with Gasteiger partial charge in [0.15, 0.2) is 0 Å². The van der Waals surface area contributed by atoms with E-state index in [1.165, 1.54) is 11.1 Å². The second-order valence-electron chi connectivity index (χ2n) is 6.48. The lowest BCUT2D eigenvalue weighted by Crippen LogP contribution is -2.44. The van der Waals surface area contributed by atoms with Gasteiger partial charge in [-0.2, -0.15) is 13.2 Å². The normalized spacial score (nSPS) is 16.0. The van der Waals surface area contributed by atoms with Crippen LogP contribution < -0.4 is 5.32 Å². The first-order valence-corrected chi connectivity index (χ1v) is 8.47. The number of rotatable bonds is 4. The Balaban J connectivity index is 1.54. The third-order valence-electron chi connectivity index (χ3n) is 4.66. The predicted octanol–water partition coefficient (Wildman–Crippen LogP) is 3.28. The number of alkyl halides is 3. The van der Waals surface area contributed by atoms with E-state index in [4.69, 9.17) is 0 Å². The number of halogens is 3. The summed E-state index contributed by atoms with van der Waals surface area (Å²) in [5.74, 6) is -0.421. The molecule has 138 valence electrons. The van der Waals surface area contributed by atoms with Crippen LogP contribution in [0, 0.1) is 0 Å². The van der Waals surface area contributed by atoms with E-state index in [0.29, 0.717) is 6.54 Å². The minimum Gasteiger partial charge on any atom is -0.350 e. The van der Waals surface area contributed by atoms with E-state index in [0.717, 1.165) is 37.8 Å². The highest BCUT2D eigenvalue weighted by Gasteiger charge is 2.32. The molecule has 1 aromatic carbocycles. The smallest absolute Gasteiger partial charge is 0.350 e. The van der Waals surface area contributed by atoms with Crippen molar-refractivity contribution in [3.63, 3.8) is 0 Å². The summed E-state index contributed by atoms with van der Waals surface area (Å²) in [6.45, 7) is 4.19. The second-order valence-corrected chi connectivity index (χ2v) is 6.48. The number of hydrogen-bond acceptors (Lipinski definition) is 3. The van der Waals surface area contributed by atoms with Crippen molar-refractivity contribution in [2.45, 2.75) is 32.1 Å². The largest absolute Gasteiger partial charge is 0.433 e. The van der Waals surface area contributed by atoms with E-state index >= 15 is 0 Å². The minimum absolute atomic E-state index is 0.120. The zero-order valence-corrected chi connectivity index (χ0v) is 14.4. The van der Waals surface area contributed by atoms with Gasteiger partial charge in [-0.25, -0.2) is 0 Å². The van der Waals surface area contributed by atoms with Crippen LogP contribution in [0.25, 0.3) is 0 Å². The van der Waals surface area contributed by atoms with Gasteiger partial charge >= 0.3 is 6.18 Å². The van der Waals surface area contributed by atoms with Crippen LogP contribution in [0.2, 0.25) is 0 Å². The lowest BCUT2D eigenvalue weighted by molar-refractivity contribution is -0.141. The van der Waals surface area contributed by atoms with Crippen LogP contribution in [-0.2, 0) is 19.1 Å². The summed E-state index contributed by atoms with van der Waals surface area (Å²) in [7, 11) is 0. The monoisotopic (exact) mass is 363 g/mol. The number of nitrogens with zero attached hydrogens (tertiary/aromatic N) is 2. The second kappa shape index (κ2) is 7.45. The van der Waals surface area contributed by atoms with E-state index in [2.05, 4.69) is 27.3 Å². The van der Waals surface area contributed by atoms with E-state index in [1.54, 1.807) is 0 Å². The SMILES string of the molecule is CC(CNC(=O)c1ccc(C(F)(F)F)nc1)N1CCc2ccccc2C1. The maximum atomic E-state index is 12.5. The van der Waals surface area contributed by atoms with E-state index in [9.17, 15) is 18.0 Å². The lowest BCUT2D eigenvalue weighted by atomic mass is 9.99. The molecular formula is C19H20F3N3O. The van der Waals surface area contributed by atoms with E-state index < -0.39 is 17.8 Å². The highest BCUT2D eigenvalue weighted by Crippen LogP contribution is 2.27. The van der Waals surface area contributed by atoms with Crippen molar-refractivity contribution in [1.82, 2.24) is 15.2 Å². The number of carbonyl (C=O) groups excluding carboxylic acids is 1. The fourth-order valence-electron chi connectivity index (χ4n) is 3.06. The highest BCUT2D eigenvalue weighted by atomic mass is 19.4. The van der Waals surface area contributed by atoms with Gasteiger partial charge in [0.25, 0.3) is 5.91 Å². The Morgan fingerprint density at radius 2 is 1.96 bits per heavy atom. The molecule has 2 aromatic rings. The fourth-order valence-corrected chi connectivity index (χ4v) is 3.06. The van der Waals surface area contributed by atoms with Gasteiger partial charge in [0.1, 0.15) is 5.69 Å². The molecule has 3 rings (SSSR count). The molecule has 4 nitrogen and oxygen atoms in total. The first-order chi connectivity index (χ1) is 12.3. The van der Waals surface area contributed by atoms with Crippen LogP contribution >= 0.6 is 0 Å². The Morgan fingerprint density at radius 3 is 2.62 bits per heavy atom. The average Bonchev–Trinajstić information content (AvgIpc) is 2.64. The van der Waals surface area contributed by atoms with Gasteiger partial charge in [-0.05, 0) is 36.6 Å². The van der Waals surface area contributed by atoms with Crippen LogP contribution in [0.4, 0.5) is 13.2 Å². The van der Waals surface area contributed by atoms with Crippen molar-refractivity contribution in [3.05, 3.63) is 65.0 Å². The first-order valence-electron chi connectivity index (χ1n) is 8.47. The molecule has 0 aliphatic carbocycles. The summed E-state index contributed by atoms with van der Waals surface area (Å²) >= 11 is 0. The Bertz CT molecular complexity index is 774. The molecule has 1 amide bonds. The molecule has 1 N–H and O–H groups in total. The zero-order valence-electron chi connectivity index (χ0n) is 14.4. The van der Waals surface area contributed by atoms with E-state index in [1.807, 2.05) is 19.1 Å². The molecule has 0 spiro atoms. The molecule has 1 atom stereocenters. The number of fused-ring (bicyclic) bond motifs is 1. The molecule has 0 saturated carbocycles. The van der Waals surface area contributed by atoms with Crippen molar-refractivity contribution >= 4 is 5.91 Å². The minimum atomic E-state index is -4.51. The van der Waals surface area contributed by atoms with Crippen molar-refractivity contribution in [1.29, 1.82) is 0 Å². The average molecular weight is 363 g/mol. The third kappa shape index (κ3) is 4.22. The summed E-state index contributed by atoms with van der Waals surface area (Å²) in [6, 6.07) is 10.4. The standard InChI is InChI=1S/C19H20F3N3O/c1-13(25-9-8-14-4-2-3-5-16(14)12-25)10-24-18(26)15-6-7-17(23-11-15)19(20,21)22/h2-7,11,13H,8-10,12H2,1H3,(H,24,26). The third-order valence-corrected chi connectivity index (χ3v) is 4.66. The van der Waals surface area contributed by atoms with Crippen molar-refractivity contribution < 1.29 is 18.0 Å². The number of aromatic nitrogens is 1. The zero-order chi connectivity index (χ0) is 18.7. The van der Waals surface area contributed by atoms with Crippen molar-refractivity contribution in [3.8, 4) is 0 Å².